The van der Waals surface area contributed by atoms with Crippen molar-refractivity contribution in [2.75, 3.05) is 10.6 Å². The van der Waals surface area contributed by atoms with Crippen molar-refractivity contribution in [2.45, 2.75) is 6.92 Å². The number of amides is 1. The molecule has 0 saturated carbocycles. The molecule has 0 aliphatic heterocycles. The summed E-state index contributed by atoms with van der Waals surface area (Å²) in [4.78, 5) is 21.0. The van der Waals surface area contributed by atoms with Crippen LogP contribution in [-0.2, 0) is 0 Å². The van der Waals surface area contributed by atoms with Crippen molar-refractivity contribution in [3.63, 3.8) is 0 Å². The smallest absolute Gasteiger partial charge is 0.274 e. The molecule has 0 aliphatic rings. The molecular formula is C19H13Cl2N5O. The first kappa shape index (κ1) is 18.6. The lowest BCUT2D eigenvalue weighted by Gasteiger charge is -2.12. The molecule has 27 heavy (non-hydrogen) atoms. The maximum Gasteiger partial charge on any atom is 0.274 e. The second-order valence-electron chi connectivity index (χ2n) is 5.52. The van der Waals surface area contributed by atoms with Gasteiger partial charge in [-0.15, -0.1) is 0 Å². The van der Waals surface area contributed by atoms with E-state index in [0.29, 0.717) is 38.6 Å². The number of hydrogen-bond donors (Lipinski definition) is 2. The molecule has 134 valence electrons. The second kappa shape index (κ2) is 8.04. The number of rotatable bonds is 4. The Balaban J connectivity index is 1.89. The molecule has 1 heterocycles. The maximum absolute atomic E-state index is 12.6. The molecule has 1 amide bonds. The summed E-state index contributed by atoms with van der Waals surface area (Å²) in [6.45, 7) is 1.67. The summed E-state index contributed by atoms with van der Waals surface area (Å²) in [5.41, 5.74) is 1.39. The Labute approximate surface area is 165 Å². The molecule has 0 radical (unpaired) electrons. The minimum atomic E-state index is -0.462. The average molecular weight is 398 g/mol. The molecule has 8 heteroatoms. The van der Waals surface area contributed by atoms with Crippen molar-refractivity contribution in [1.29, 1.82) is 5.26 Å². The molecule has 0 aliphatic carbocycles. The van der Waals surface area contributed by atoms with E-state index < -0.39 is 5.91 Å². The van der Waals surface area contributed by atoms with Gasteiger partial charge in [0.1, 0.15) is 23.4 Å². The van der Waals surface area contributed by atoms with Gasteiger partial charge in [0.25, 0.3) is 5.91 Å². The summed E-state index contributed by atoms with van der Waals surface area (Å²) in [5, 5.41) is 15.7. The van der Waals surface area contributed by atoms with E-state index in [1.807, 2.05) is 6.07 Å². The van der Waals surface area contributed by atoms with Crippen molar-refractivity contribution in [3.8, 4) is 6.07 Å². The number of para-hydroxylation sites is 2. The fraction of sp³-hybridized carbons (Fsp3) is 0.0526. The third-order valence-corrected chi connectivity index (χ3v) is 4.21. The van der Waals surface area contributed by atoms with Crippen LogP contribution in [0.2, 0.25) is 10.0 Å². The van der Waals surface area contributed by atoms with Gasteiger partial charge in [0.2, 0.25) is 0 Å². The highest BCUT2D eigenvalue weighted by molar-refractivity contribution is 6.39. The Morgan fingerprint density at radius 2 is 1.78 bits per heavy atom. The topological polar surface area (TPSA) is 90.7 Å². The van der Waals surface area contributed by atoms with E-state index >= 15 is 0 Å². The van der Waals surface area contributed by atoms with Crippen LogP contribution in [-0.4, -0.2) is 15.9 Å². The van der Waals surface area contributed by atoms with E-state index in [1.54, 1.807) is 49.4 Å². The molecule has 6 nitrogen and oxygen atoms in total. The first-order chi connectivity index (χ1) is 13.0. The Morgan fingerprint density at radius 1 is 1.07 bits per heavy atom. The van der Waals surface area contributed by atoms with Gasteiger partial charge in [-0.3, -0.25) is 4.79 Å². The number of nitrogens with one attached hydrogen (secondary N) is 2. The third kappa shape index (κ3) is 4.34. The standard InChI is InChI=1S/C19H13Cl2N5O/c1-11-23-16(19(27)25-15-8-3-2-5-12(15)10-22)9-17(24-11)26-18-13(20)6-4-7-14(18)21/h2-9H,1H3,(H,25,27)(H,23,24,26). The zero-order valence-electron chi connectivity index (χ0n) is 14.1. The first-order valence-electron chi connectivity index (χ1n) is 7.85. The van der Waals surface area contributed by atoms with Gasteiger partial charge in [-0.2, -0.15) is 5.26 Å². The highest BCUT2D eigenvalue weighted by Gasteiger charge is 2.14. The van der Waals surface area contributed by atoms with Gasteiger partial charge in [-0.25, -0.2) is 9.97 Å². The number of nitriles is 1. The fourth-order valence-electron chi connectivity index (χ4n) is 2.37. The predicted octanol–water partition coefficient (Wildman–Crippen LogP) is 4.96. The van der Waals surface area contributed by atoms with Crippen LogP contribution < -0.4 is 10.6 Å². The van der Waals surface area contributed by atoms with E-state index in [4.69, 9.17) is 28.5 Å². The summed E-state index contributed by atoms with van der Waals surface area (Å²) in [6, 6.07) is 15.3. The summed E-state index contributed by atoms with van der Waals surface area (Å²) in [5.74, 6) is 0.301. The third-order valence-electron chi connectivity index (χ3n) is 3.58. The Bertz CT molecular complexity index is 1040. The lowest BCUT2D eigenvalue weighted by Crippen LogP contribution is -2.16. The Kier molecular flexibility index (Phi) is 5.55. The number of anilines is 3. The monoisotopic (exact) mass is 397 g/mol. The van der Waals surface area contributed by atoms with Crippen molar-refractivity contribution in [2.24, 2.45) is 0 Å². The van der Waals surface area contributed by atoms with Crippen molar-refractivity contribution < 1.29 is 4.79 Å². The number of benzene rings is 2. The number of aromatic nitrogens is 2. The first-order valence-corrected chi connectivity index (χ1v) is 8.60. The highest BCUT2D eigenvalue weighted by Crippen LogP contribution is 2.32. The molecule has 3 rings (SSSR count). The van der Waals surface area contributed by atoms with Crippen molar-refractivity contribution in [1.82, 2.24) is 9.97 Å². The van der Waals surface area contributed by atoms with Gasteiger partial charge < -0.3 is 10.6 Å². The van der Waals surface area contributed by atoms with Crippen LogP contribution in [0, 0.1) is 18.3 Å². The molecule has 0 fully saturated rings. The van der Waals surface area contributed by atoms with Crippen LogP contribution in [0.15, 0.2) is 48.5 Å². The molecule has 2 aromatic carbocycles. The largest absolute Gasteiger partial charge is 0.338 e. The van der Waals surface area contributed by atoms with Crippen LogP contribution >= 0.6 is 23.2 Å². The number of carbonyl (C=O) groups excluding carboxylic acids is 1. The molecule has 0 unspecified atom stereocenters. The quantitative estimate of drug-likeness (QED) is 0.648. The number of hydrogen-bond acceptors (Lipinski definition) is 5. The number of carbonyl (C=O) groups is 1. The summed E-state index contributed by atoms with van der Waals surface area (Å²) < 4.78 is 0. The van der Waals surface area contributed by atoms with Crippen LogP contribution in [0.5, 0.6) is 0 Å². The lowest BCUT2D eigenvalue weighted by atomic mass is 10.2. The molecular weight excluding hydrogens is 385 g/mol. The van der Waals surface area contributed by atoms with Crippen LogP contribution in [0.1, 0.15) is 21.9 Å². The van der Waals surface area contributed by atoms with Gasteiger partial charge in [-0.1, -0.05) is 41.4 Å². The zero-order valence-corrected chi connectivity index (χ0v) is 15.6. The predicted molar refractivity (Wildman–Crippen MR) is 106 cm³/mol. The summed E-state index contributed by atoms with van der Waals surface area (Å²) >= 11 is 12.3. The molecule has 0 bridgehead atoms. The SMILES string of the molecule is Cc1nc(Nc2c(Cl)cccc2Cl)cc(C(=O)Nc2ccccc2C#N)n1. The molecule has 2 N–H and O–H groups in total. The number of halogens is 2. The van der Waals surface area contributed by atoms with E-state index in [1.165, 1.54) is 6.07 Å². The minimum Gasteiger partial charge on any atom is -0.338 e. The molecule has 0 atom stereocenters. The summed E-state index contributed by atoms with van der Waals surface area (Å²) in [6.07, 6.45) is 0. The highest BCUT2D eigenvalue weighted by atomic mass is 35.5. The lowest BCUT2D eigenvalue weighted by molar-refractivity contribution is 0.102. The molecule has 0 saturated heterocycles. The van der Waals surface area contributed by atoms with E-state index in [-0.39, 0.29) is 5.69 Å². The molecule has 3 aromatic rings. The maximum atomic E-state index is 12.6. The van der Waals surface area contributed by atoms with Crippen LogP contribution in [0.4, 0.5) is 17.2 Å². The fourth-order valence-corrected chi connectivity index (χ4v) is 2.86. The van der Waals surface area contributed by atoms with Gasteiger partial charge in [0.05, 0.1) is 27.0 Å². The van der Waals surface area contributed by atoms with Crippen LogP contribution in [0.25, 0.3) is 0 Å². The van der Waals surface area contributed by atoms with Crippen molar-refractivity contribution >= 4 is 46.3 Å². The number of nitrogens with zero attached hydrogens (tertiary/aromatic N) is 3. The Hall–Kier alpha value is -3.14. The van der Waals surface area contributed by atoms with Gasteiger partial charge in [0.15, 0.2) is 0 Å². The van der Waals surface area contributed by atoms with Gasteiger partial charge in [-0.05, 0) is 31.2 Å². The van der Waals surface area contributed by atoms with Gasteiger partial charge >= 0.3 is 0 Å². The van der Waals surface area contributed by atoms with E-state index in [0.717, 1.165) is 0 Å². The average Bonchev–Trinajstić information content (AvgIpc) is 2.65. The van der Waals surface area contributed by atoms with Gasteiger partial charge in [0, 0.05) is 6.07 Å². The molecule has 1 aromatic heterocycles. The zero-order chi connectivity index (χ0) is 19.4. The second-order valence-corrected chi connectivity index (χ2v) is 6.33. The molecule has 0 spiro atoms. The van der Waals surface area contributed by atoms with Crippen molar-refractivity contribution in [3.05, 3.63) is 75.7 Å². The summed E-state index contributed by atoms with van der Waals surface area (Å²) in [7, 11) is 0. The normalized spacial score (nSPS) is 10.1. The number of aryl methyl sites for hydroxylation is 1. The van der Waals surface area contributed by atoms with E-state index in [9.17, 15) is 4.79 Å². The van der Waals surface area contributed by atoms with Crippen LogP contribution in [0.3, 0.4) is 0 Å². The minimum absolute atomic E-state index is 0.140. The van der Waals surface area contributed by atoms with E-state index in [2.05, 4.69) is 20.6 Å². The Morgan fingerprint density at radius 3 is 2.48 bits per heavy atom.